The highest BCUT2D eigenvalue weighted by atomic mass is 32.2. The Bertz CT molecular complexity index is 1130. The molecule has 0 bridgehead atoms. The number of anilines is 1. The number of halogens is 1. The predicted molar refractivity (Wildman–Crippen MR) is 122 cm³/mol. The molecule has 4 rings (SSSR count). The van der Waals surface area contributed by atoms with Gasteiger partial charge < -0.3 is 15.5 Å². The fourth-order valence-electron chi connectivity index (χ4n) is 3.72. The van der Waals surface area contributed by atoms with Crippen LogP contribution in [-0.2, 0) is 14.8 Å². The second-order valence-corrected chi connectivity index (χ2v) is 10.2. The lowest BCUT2D eigenvalue weighted by atomic mass is 10.1. The van der Waals surface area contributed by atoms with Crippen molar-refractivity contribution in [2.75, 3.05) is 38.0 Å². The van der Waals surface area contributed by atoms with Gasteiger partial charge >= 0.3 is 0 Å². The van der Waals surface area contributed by atoms with Gasteiger partial charge in [-0.25, -0.2) is 12.8 Å². The zero-order chi connectivity index (χ0) is 23.4. The lowest BCUT2D eigenvalue weighted by Crippen LogP contribution is -2.49. The van der Waals surface area contributed by atoms with Crippen LogP contribution >= 0.6 is 0 Å². The van der Waals surface area contributed by atoms with Gasteiger partial charge in [0.05, 0.1) is 16.1 Å². The highest BCUT2D eigenvalue weighted by molar-refractivity contribution is 7.89. The van der Waals surface area contributed by atoms with Crippen molar-refractivity contribution in [3.8, 4) is 0 Å². The fraction of sp³-hybridized carbons (Fsp3) is 0.391. The van der Waals surface area contributed by atoms with E-state index in [9.17, 15) is 22.4 Å². The van der Waals surface area contributed by atoms with Gasteiger partial charge in [0, 0.05) is 45.2 Å². The van der Waals surface area contributed by atoms with E-state index in [4.69, 9.17) is 0 Å². The van der Waals surface area contributed by atoms with E-state index in [-0.39, 0.29) is 42.3 Å². The number of nitrogens with one attached hydrogen (secondary N) is 2. The molecule has 0 radical (unpaired) electrons. The molecular weight excluding hydrogens is 447 g/mol. The second kappa shape index (κ2) is 9.98. The first-order valence-electron chi connectivity index (χ1n) is 11.0. The molecule has 0 atom stereocenters. The minimum Gasteiger partial charge on any atom is -0.349 e. The zero-order valence-electron chi connectivity index (χ0n) is 18.2. The van der Waals surface area contributed by atoms with Crippen molar-refractivity contribution in [1.29, 1.82) is 0 Å². The maximum absolute atomic E-state index is 13.4. The van der Waals surface area contributed by atoms with E-state index < -0.39 is 15.8 Å². The molecule has 0 unspecified atom stereocenters. The Morgan fingerprint density at radius 1 is 1.00 bits per heavy atom. The molecule has 2 aliphatic rings. The van der Waals surface area contributed by atoms with Gasteiger partial charge in [0.25, 0.3) is 5.91 Å². The lowest BCUT2D eigenvalue weighted by Gasteiger charge is -2.33. The number of amides is 2. The number of para-hydroxylation sites is 1. The highest BCUT2D eigenvalue weighted by Gasteiger charge is 2.29. The molecule has 2 N–H and O–H groups in total. The summed E-state index contributed by atoms with van der Waals surface area (Å²) in [5, 5.41) is 5.74. The third-order valence-corrected chi connectivity index (χ3v) is 7.67. The van der Waals surface area contributed by atoms with Crippen molar-refractivity contribution in [2.24, 2.45) is 0 Å². The van der Waals surface area contributed by atoms with Gasteiger partial charge in [0.15, 0.2) is 0 Å². The topological polar surface area (TPSA) is 98.8 Å². The Morgan fingerprint density at radius 2 is 1.73 bits per heavy atom. The summed E-state index contributed by atoms with van der Waals surface area (Å²) in [6.45, 7) is 1.95. The average Bonchev–Trinajstić information content (AvgIpc) is 3.62. The van der Waals surface area contributed by atoms with Gasteiger partial charge in [-0.2, -0.15) is 4.31 Å². The lowest BCUT2D eigenvalue weighted by molar-refractivity contribution is -0.116. The summed E-state index contributed by atoms with van der Waals surface area (Å²) in [6, 6.07) is 12.1. The van der Waals surface area contributed by atoms with Crippen molar-refractivity contribution in [3.63, 3.8) is 0 Å². The van der Waals surface area contributed by atoms with Crippen LogP contribution in [0.4, 0.5) is 10.1 Å². The first-order chi connectivity index (χ1) is 15.8. The molecule has 2 fully saturated rings. The summed E-state index contributed by atoms with van der Waals surface area (Å²) in [5.74, 6) is -0.993. The largest absolute Gasteiger partial charge is 0.349 e. The Kier molecular flexibility index (Phi) is 7.06. The summed E-state index contributed by atoms with van der Waals surface area (Å²) in [7, 11) is -3.75. The van der Waals surface area contributed by atoms with Gasteiger partial charge in [-0.05, 0) is 43.2 Å². The van der Waals surface area contributed by atoms with Gasteiger partial charge in [-0.3, -0.25) is 9.59 Å². The van der Waals surface area contributed by atoms with Crippen LogP contribution in [0.25, 0.3) is 0 Å². The van der Waals surface area contributed by atoms with Crippen molar-refractivity contribution < 1.29 is 22.4 Å². The molecule has 2 amide bonds. The van der Waals surface area contributed by atoms with Crippen LogP contribution in [0.15, 0.2) is 53.4 Å². The fourth-order valence-corrected chi connectivity index (χ4v) is 5.18. The van der Waals surface area contributed by atoms with Crippen molar-refractivity contribution in [2.45, 2.75) is 30.2 Å². The SMILES string of the molecule is O=C(CCN1CCN(S(=O)(=O)c2cccc(F)c2)CC1)Nc1ccccc1C(=O)NC1CC1. The molecule has 0 aromatic heterocycles. The van der Waals surface area contributed by atoms with E-state index in [1.165, 1.54) is 22.5 Å². The summed E-state index contributed by atoms with van der Waals surface area (Å²) in [4.78, 5) is 26.8. The van der Waals surface area contributed by atoms with Crippen molar-refractivity contribution in [1.82, 2.24) is 14.5 Å². The molecule has 1 saturated heterocycles. The van der Waals surface area contributed by atoms with Gasteiger partial charge in [-0.15, -0.1) is 0 Å². The first-order valence-corrected chi connectivity index (χ1v) is 12.4. The maximum atomic E-state index is 13.4. The second-order valence-electron chi connectivity index (χ2n) is 8.29. The van der Waals surface area contributed by atoms with E-state index >= 15 is 0 Å². The normalized spacial score (nSPS) is 17.5. The summed E-state index contributed by atoms with van der Waals surface area (Å²) >= 11 is 0. The minimum atomic E-state index is -3.75. The third-order valence-electron chi connectivity index (χ3n) is 5.78. The van der Waals surface area contributed by atoms with Gasteiger partial charge in [0.2, 0.25) is 15.9 Å². The monoisotopic (exact) mass is 474 g/mol. The van der Waals surface area contributed by atoms with Crippen LogP contribution in [0.3, 0.4) is 0 Å². The molecule has 1 aliphatic heterocycles. The molecule has 2 aromatic carbocycles. The molecule has 1 aliphatic carbocycles. The number of sulfonamides is 1. The maximum Gasteiger partial charge on any atom is 0.253 e. The minimum absolute atomic E-state index is 0.0558. The zero-order valence-corrected chi connectivity index (χ0v) is 19.0. The van der Waals surface area contributed by atoms with Crippen LogP contribution in [-0.4, -0.2) is 68.2 Å². The molecule has 176 valence electrons. The van der Waals surface area contributed by atoms with E-state index in [0.29, 0.717) is 30.9 Å². The molecule has 2 aromatic rings. The van der Waals surface area contributed by atoms with Crippen LogP contribution in [0.1, 0.15) is 29.6 Å². The molecule has 0 spiro atoms. The number of carbonyl (C=O) groups is 2. The van der Waals surface area contributed by atoms with Crippen molar-refractivity contribution >= 4 is 27.5 Å². The van der Waals surface area contributed by atoms with E-state index in [2.05, 4.69) is 10.6 Å². The molecule has 33 heavy (non-hydrogen) atoms. The number of nitrogens with zero attached hydrogens (tertiary/aromatic N) is 2. The molecule has 10 heteroatoms. The Balaban J connectivity index is 1.26. The quantitative estimate of drug-likeness (QED) is 0.610. The summed E-state index contributed by atoms with van der Waals surface area (Å²) in [5.41, 5.74) is 0.917. The third kappa shape index (κ3) is 5.95. The molecule has 1 saturated carbocycles. The van der Waals surface area contributed by atoms with E-state index in [1.54, 1.807) is 24.3 Å². The van der Waals surface area contributed by atoms with E-state index in [0.717, 1.165) is 18.9 Å². The average molecular weight is 475 g/mol. The Morgan fingerprint density at radius 3 is 2.42 bits per heavy atom. The predicted octanol–water partition coefficient (Wildman–Crippen LogP) is 2.05. The van der Waals surface area contributed by atoms with Gasteiger partial charge in [0.1, 0.15) is 5.82 Å². The van der Waals surface area contributed by atoms with Crippen LogP contribution in [0.5, 0.6) is 0 Å². The number of benzene rings is 2. The number of hydrogen-bond donors (Lipinski definition) is 2. The van der Waals surface area contributed by atoms with E-state index in [1.807, 2.05) is 4.90 Å². The molecule has 1 heterocycles. The summed E-state index contributed by atoms with van der Waals surface area (Å²) < 4.78 is 40.2. The summed E-state index contributed by atoms with van der Waals surface area (Å²) in [6.07, 6.45) is 2.18. The Hall–Kier alpha value is -2.82. The number of hydrogen-bond acceptors (Lipinski definition) is 5. The van der Waals surface area contributed by atoms with Gasteiger partial charge in [-0.1, -0.05) is 18.2 Å². The number of rotatable bonds is 8. The molecule has 8 nitrogen and oxygen atoms in total. The van der Waals surface area contributed by atoms with Crippen LogP contribution in [0, 0.1) is 5.82 Å². The highest BCUT2D eigenvalue weighted by Crippen LogP contribution is 2.22. The number of piperazine rings is 1. The Labute approximate surface area is 192 Å². The smallest absolute Gasteiger partial charge is 0.253 e. The van der Waals surface area contributed by atoms with Crippen molar-refractivity contribution in [3.05, 3.63) is 59.9 Å². The molecular formula is C23H27FN4O4S. The van der Waals surface area contributed by atoms with Crippen LogP contribution in [0.2, 0.25) is 0 Å². The first kappa shape index (κ1) is 23.3. The standard InChI is InChI=1S/C23H27FN4O4S/c24-17-4-3-5-19(16-17)33(31,32)28-14-12-27(13-15-28)11-10-22(29)26-21-7-2-1-6-20(21)23(30)25-18-8-9-18/h1-7,16,18H,8-15H2,(H,25,30)(H,26,29). The van der Waals surface area contributed by atoms with Crippen LogP contribution < -0.4 is 10.6 Å². The number of carbonyl (C=O) groups excluding carboxylic acids is 2.